The molecule has 18 heavy (non-hydrogen) atoms. The number of aliphatic hydroxyl groups is 1. The first-order valence-corrected chi connectivity index (χ1v) is 7.88. The number of morpholine rings is 1. The topological polar surface area (TPSA) is 32.7 Å². The van der Waals surface area contributed by atoms with Crippen LogP contribution in [0, 0.1) is 5.41 Å². The largest absolute Gasteiger partial charge is 0.395 e. The minimum atomic E-state index is 0.173. The summed E-state index contributed by atoms with van der Waals surface area (Å²) < 4.78 is 5.45. The molecular formula is C14H29NO2S. The molecule has 108 valence electrons. The van der Waals surface area contributed by atoms with E-state index in [0.29, 0.717) is 12.0 Å². The van der Waals surface area contributed by atoms with Crippen LogP contribution in [0.5, 0.6) is 0 Å². The van der Waals surface area contributed by atoms with Crippen molar-refractivity contribution in [3.05, 3.63) is 0 Å². The molecule has 0 radical (unpaired) electrons. The van der Waals surface area contributed by atoms with Crippen LogP contribution in [0.3, 0.4) is 0 Å². The molecule has 1 saturated heterocycles. The predicted octanol–water partition coefficient (Wildman–Crippen LogP) is 2.20. The molecule has 0 aliphatic carbocycles. The van der Waals surface area contributed by atoms with Gasteiger partial charge < -0.3 is 9.84 Å². The number of thiol groups is 1. The third-order valence-electron chi connectivity index (χ3n) is 3.99. The van der Waals surface area contributed by atoms with Crippen molar-refractivity contribution in [2.24, 2.45) is 5.41 Å². The van der Waals surface area contributed by atoms with Gasteiger partial charge in [-0.25, -0.2) is 0 Å². The van der Waals surface area contributed by atoms with Crippen molar-refractivity contribution >= 4 is 12.6 Å². The third-order valence-corrected chi connectivity index (χ3v) is 4.67. The Morgan fingerprint density at radius 2 is 2.00 bits per heavy atom. The molecule has 0 saturated carbocycles. The number of hydrogen-bond donors (Lipinski definition) is 2. The van der Waals surface area contributed by atoms with Crippen LogP contribution < -0.4 is 0 Å². The molecule has 0 aromatic heterocycles. The third kappa shape index (κ3) is 4.41. The summed E-state index contributed by atoms with van der Waals surface area (Å²) >= 11 is 4.61. The summed E-state index contributed by atoms with van der Waals surface area (Å²) in [6.07, 6.45) is 4.85. The highest BCUT2D eigenvalue weighted by atomic mass is 32.1. The molecule has 4 heteroatoms. The average Bonchev–Trinajstić information content (AvgIpc) is 2.40. The van der Waals surface area contributed by atoms with Crippen LogP contribution in [0.1, 0.15) is 39.5 Å². The summed E-state index contributed by atoms with van der Waals surface area (Å²) in [7, 11) is 0. The Balaban J connectivity index is 2.67. The maximum atomic E-state index is 9.45. The highest BCUT2D eigenvalue weighted by Crippen LogP contribution is 2.33. The lowest BCUT2D eigenvalue weighted by Gasteiger charge is -2.42. The summed E-state index contributed by atoms with van der Waals surface area (Å²) in [4.78, 5) is 2.41. The lowest BCUT2D eigenvalue weighted by molar-refractivity contribution is -0.0442. The summed E-state index contributed by atoms with van der Waals surface area (Å²) in [5.74, 6) is 0.935. The Hall–Kier alpha value is 0.230. The minimum absolute atomic E-state index is 0.173. The number of hydrogen-bond acceptors (Lipinski definition) is 4. The average molecular weight is 275 g/mol. The Labute approximate surface area is 117 Å². The molecule has 0 spiro atoms. The molecule has 1 aliphatic rings. The van der Waals surface area contributed by atoms with Crippen molar-refractivity contribution in [2.45, 2.75) is 45.6 Å². The Bertz CT molecular complexity index is 220. The lowest BCUT2D eigenvalue weighted by Crippen LogP contribution is -2.52. The van der Waals surface area contributed by atoms with Gasteiger partial charge in [-0.05, 0) is 24.0 Å². The van der Waals surface area contributed by atoms with Crippen LogP contribution in [0.15, 0.2) is 0 Å². The fourth-order valence-corrected chi connectivity index (χ4v) is 3.46. The zero-order valence-electron chi connectivity index (χ0n) is 11.9. The number of nitrogens with zero attached hydrogens (tertiary/aromatic N) is 1. The van der Waals surface area contributed by atoms with E-state index >= 15 is 0 Å². The summed E-state index contributed by atoms with van der Waals surface area (Å²) in [6.45, 7) is 8.13. The van der Waals surface area contributed by atoms with Crippen LogP contribution in [0.2, 0.25) is 0 Å². The molecule has 0 bridgehead atoms. The first-order chi connectivity index (χ1) is 8.71. The smallest absolute Gasteiger partial charge is 0.0644 e. The standard InChI is InChI=1S/C14H29NO2S/c1-3-5-14(12-18,6-4-2)11-15-7-8-17-10-13(15)9-16/h13,16,18H,3-12H2,1-2H3. The number of ether oxygens (including phenoxy) is 1. The van der Waals surface area contributed by atoms with E-state index in [0.717, 1.165) is 25.4 Å². The van der Waals surface area contributed by atoms with Gasteiger partial charge in [0, 0.05) is 13.1 Å². The molecule has 1 fully saturated rings. The highest BCUT2D eigenvalue weighted by Gasteiger charge is 2.33. The molecule has 1 N–H and O–H groups in total. The van der Waals surface area contributed by atoms with E-state index in [9.17, 15) is 5.11 Å². The van der Waals surface area contributed by atoms with Crippen molar-refractivity contribution in [3.8, 4) is 0 Å². The fraction of sp³-hybridized carbons (Fsp3) is 1.00. The molecule has 3 nitrogen and oxygen atoms in total. The molecule has 1 unspecified atom stereocenters. The fourth-order valence-electron chi connectivity index (χ4n) is 3.05. The first-order valence-electron chi connectivity index (χ1n) is 7.25. The molecule has 1 atom stereocenters. The maximum absolute atomic E-state index is 9.45. The van der Waals surface area contributed by atoms with Gasteiger partial charge in [-0.2, -0.15) is 12.6 Å². The first kappa shape index (κ1) is 16.3. The molecule has 0 amide bonds. The van der Waals surface area contributed by atoms with Crippen LogP contribution in [-0.2, 0) is 4.74 Å². The Morgan fingerprint density at radius 3 is 2.50 bits per heavy atom. The van der Waals surface area contributed by atoms with Gasteiger partial charge >= 0.3 is 0 Å². The molecule has 1 heterocycles. The van der Waals surface area contributed by atoms with Crippen molar-refractivity contribution in [2.75, 3.05) is 38.7 Å². The Kier molecular flexibility index (Phi) is 7.61. The summed E-state index contributed by atoms with van der Waals surface area (Å²) in [5.41, 5.74) is 0.303. The normalized spacial score (nSPS) is 22.3. The van der Waals surface area contributed by atoms with Gasteiger partial charge in [0.1, 0.15) is 0 Å². The van der Waals surface area contributed by atoms with E-state index in [4.69, 9.17) is 4.74 Å². The highest BCUT2D eigenvalue weighted by molar-refractivity contribution is 7.80. The van der Waals surface area contributed by atoms with E-state index in [-0.39, 0.29) is 12.6 Å². The van der Waals surface area contributed by atoms with E-state index in [1.54, 1.807) is 0 Å². The van der Waals surface area contributed by atoms with Crippen LogP contribution >= 0.6 is 12.6 Å². The van der Waals surface area contributed by atoms with Gasteiger partial charge in [0.15, 0.2) is 0 Å². The summed E-state index contributed by atoms with van der Waals surface area (Å²) in [5, 5.41) is 9.45. The number of rotatable bonds is 8. The van der Waals surface area contributed by atoms with Crippen LogP contribution in [-0.4, -0.2) is 54.7 Å². The molecule has 1 rings (SSSR count). The monoisotopic (exact) mass is 275 g/mol. The molecule has 1 aliphatic heterocycles. The van der Waals surface area contributed by atoms with Gasteiger partial charge in [0.25, 0.3) is 0 Å². The van der Waals surface area contributed by atoms with Crippen molar-refractivity contribution in [1.29, 1.82) is 0 Å². The predicted molar refractivity (Wildman–Crippen MR) is 79.4 cm³/mol. The van der Waals surface area contributed by atoms with Crippen molar-refractivity contribution in [3.63, 3.8) is 0 Å². The van der Waals surface area contributed by atoms with Gasteiger partial charge in [-0.3, -0.25) is 4.90 Å². The summed E-state index contributed by atoms with van der Waals surface area (Å²) in [6, 6.07) is 0.173. The van der Waals surface area contributed by atoms with E-state index in [1.807, 2.05) is 0 Å². The van der Waals surface area contributed by atoms with Crippen LogP contribution in [0.4, 0.5) is 0 Å². The maximum Gasteiger partial charge on any atom is 0.0644 e. The van der Waals surface area contributed by atoms with Crippen LogP contribution in [0.25, 0.3) is 0 Å². The second-order valence-electron chi connectivity index (χ2n) is 5.54. The van der Waals surface area contributed by atoms with Gasteiger partial charge in [-0.15, -0.1) is 0 Å². The molecule has 0 aromatic rings. The van der Waals surface area contributed by atoms with E-state index < -0.39 is 0 Å². The zero-order valence-corrected chi connectivity index (χ0v) is 12.8. The van der Waals surface area contributed by atoms with Crippen molar-refractivity contribution < 1.29 is 9.84 Å². The zero-order chi connectivity index (χ0) is 13.4. The van der Waals surface area contributed by atoms with Gasteiger partial charge in [0.2, 0.25) is 0 Å². The molecule has 0 aromatic carbocycles. The van der Waals surface area contributed by atoms with Gasteiger partial charge in [-0.1, -0.05) is 26.7 Å². The second kappa shape index (κ2) is 8.41. The Morgan fingerprint density at radius 1 is 1.33 bits per heavy atom. The lowest BCUT2D eigenvalue weighted by atomic mass is 9.80. The minimum Gasteiger partial charge on any atom is -0.395 e. The molecular weight excluding hydrogens is 246 g/mol. The SMILES string of the molecule is CCCC(CS)(CCC)CN1CCOCC1CO. The van der Waals surface area contributed by atoms with Gasteiger partial charge in [0.05, 0.1) is 25.9 Å². The number of aliphatic hydroxyl groups excluding tert-OH is 1. The second-order valence-corrected chi connectivity index (χ2v) is 5.86. The quantitative estimate of drug-likeness (QED) is 0.666. The van der Waals surface area contributed by atoms with E-state index in [1.165, 1.54) is 25.7 Å². The van der Waals surface area contributed by atoms with Crippen molar-refractivity contribution in [1.82, 2.24) is 4.90 Å². The van der Waals surface area contributed by atoms with E-state index in [2.05, 4.69) is 31.4 Å².